The molecule has 0 aliphatic rings. The van der Waals surface area contributed by atoms with Gasteiger partial charge in [-0.25, -0.2) is 0 Å². The summed E-state index contributed by atoms with van der Waals surface area (Å²) in [5.74, 6) is 0.884. The molecule has 0 aromatic heterocycles. The van der Waals surface area contributed by atoms with Crippen LogP contribution >= 0.6 is 0 Å². The van der Waals surface area contributed by atoms with Gasteiger partial charge in [0, 0.05) is 0 Å². The Balaban J connectivity index is 2.71. The van der Waals surface area contributed by atoms with E-state index in [0.717, 1.165) is 17.7 Å². The van der Waals surface area contributed by atoms with Gasteiger partial charge in [0.05, 0.1) is 18.2 Å². The van der Waals surface area contributed by atoms with Crippen molar-refractivity contribution in [3.8, 4) is 5.75 Å². The Hall–Kier alpha value is -1.55. The van der Waals surface area contributed by atoms with Crippen molar-refractivity contribution in [2.45, 2.75) is 59.2 Å². The molecule has 0 radical (unpaired) electrons. The predicted molar refractivity (Wildman–Crippen MR) is 86.2 cm³/mol. The third-order valence-corrected chi connectivity index (χ3v) is 3.65. The van der Waals surface area contributed by atoms with Crippen LogP contribution in [0.4, 0.5) is 0 Å². The fraction of sp³-hybridized carbons (Fsp3) is 0.588. The fourth-order valence-electron chi connectivity index (χ4n) is 2.03. The number of benzene rings is 1. The fourth-order valence-corrected chi connectivity index (χ4v) is 2.03. The first-order valence-electron chi connectivity index (χ1n) is 7.67. The van der Waals surface area contributed by atoms with E-state index < -0.39 is 6.04 Å². The molecule has 0 aliphatic heterocycles. The van der Waals surface area contributed by atoms with E-state index in [1.54, 1.807) is 0 Å². The molecule has 1 aromatic carbocycles. The number of nitrogens with one attached hydrogen (secondary N) is 1. The molecule has 0 saturated carbocycles. The Labute approximate surface area is 128 Å². The van der Waals surface area contributed by atoms with Crippen LogP contribution in [0.1, 0.15) is 52.6 Å². The summed E-state index contributed by atoms with van der Waals surface area (Å²) in [6, 6.07) is 7.23. The summed E-state index contributed by atoms with van der Waals surface area (Å²) in [4.78, 5) is 12.1. The minimum atomic E-state index is -0.465. The van der Waals surface area contributed by atoms with E-state index in [0.29, 0.717) is 0 Å². The van der Waals surface area contributed by atoms with Crippen LogP contribution in [-0.2, 0) is 4.79 Å². The number of hydrogen-bond donors (Lipinski definition) is 2. The lowest BCUT2D eigenvalue weighted by Crippen LogP contribution is -2.45. The van der Waals surface area contributed by atoms with Crippen molar-refractivity contribution >= 4 is 5.91 Å². The number of hydrogen-bond acceptors (Lipinski definition) is 3. The lowest BCUT2D eigenvalue weighted by Gasteiger charge is -2.22. The van der Waals surface area contributed by atoms with Gasteiger partial charge < -0.3 is 15.8 Å². The Kier molecular flexibility index (Phi) is 6.69. The van der Waals surface area contributed by atoms with Gasteiger partial charge in [-0.05, 0) is 44.4 Å². The Morgan fingerprint density at radius 1 is 1.29 bits per heavy atom. The van der Waals surface area contributed by atoms with Crippen molar-refractivity contribution in [1.29, 1.82) is 0 Å². The van der Waals surface area contributed by atoms with Crippen molar-refractivity contribution in [2.75, 3.05) is 0 Å². The zero-order chi connectivity index (χ0) is 16.0. The smallest absolute Gasteiger partial charge is 0.237 e. The first-order chi connectivity index (χ1) is 9.85. The van der Waals surface area contributed by atoms with E-state index in [4.69, 9.17) is 10.5 Å². The molecule has 1 rings (SSSR count). The van der Waals surface area contributed by atoms with Crippen LogP contribution in [0.3, 0.4) is 0 Å². The van der Waals surface area contributed by atoms with Crippen molar-refractivity contribution in [3.63, 3.8) is 0 Å². The summed E-state index contributed by atoms with van der Waals surface area (Å²) in [5.41, 5.74) is 6.97. The summed E-state index contributed by atoms with van der Waals surface area (Å²) in [5, 5.41) is 2.97. The Morgan fingerprint density at radius 3 is 2.52 bits per heavy atom. The second-order valence-electron chi connectivity index (χ2n) is 5.88. The first kappa shape index (κ1) is 17.5. The molecule has 118 valence electrons. The maximum Gasteiger partial charge on any atom is 0.237 e. The topological polar surface area (TPSA) is 64.4 Å². The van der Waals surface area contributed by atoms with E-state index in [1.165, 1.54) is 0 Å². The van der Waals surface area contributed by atoms with Crippen LogP contribution in [0, 0.1) is 5.92 Å². The lowest BCUT2D eigenvalue weighted by molar-refractivity contribution is -0.124. The lowest BCUT2D eigenvalue weighted by atomic mass is 9.98. The van der Waals surface area contributed by atoms with Crippen LogP contribution in [0.15, 0.2) is 24.3 Å². The molecule has 3 N–H and O–H groups in total. The molecule has 0 heterocycles. The van der Waals surface area contributed by atoms with E-state index >= 15 is 0 Å². The number of carbonyl (C=O) groups excluding carboxylic acids is 1. The number of ether oxygens (including phenoxy) is 1. The van der Waals surface area contributed by atoms with Gasteiger partial charge in [-0.1, -0.05) is 32.4 Å². The first-order valence-corrected chi connectivity index (χ1v) is 7.67. The molecule has 21 heavy (non-hydrogen) atoms. The van der Waals surface area contributed by atoms with E-state index in [9.17, 15) is 4.79 Å². The predicted octanol–water partition coefficient (Wildman–Crippen LogP) is 3.02. The summed E-state index contributed by atoms with van der Waals surface area (Å²) in [6.45, 7) is 9.96. The highest BCUT2D eigenvalue weighted by atomic mass is 16.5. The van der Waals surface area contributed by atoms with E-state index in [2.05, 4.69) is 5.32 Å². The minimum absolute atomic E-state index is 0.0941. The summed E-state index contributed by atoms with van der Waals surface area (Å²) < 4.78 is 5.68. The van der Waals surface area contributed by atoms with Crippen LogP contribution in [0.2, 0.25) is 0 Å². The molecule has 4 nitrogen and oxygen atoms in total. The van der Waals surface area contributed by atoms with Gasteiger partial charge in [-0.3, -0.25) is 4.79 Å². The van der Waals surface area contributed by atoms with Crippen LogP contribution < -0.4 is 15.8 Å². The quantitative estimate of drug-likeness (QED) is 0.812. The van der Waals surface area contributed by atoms with E-state index in [1.807, 2.05) is 58.9 Å². The highest BCUT2D eigenvalue weighted by Gasteiger charge is 2.21. The Morgan fingerprint density at radius 2 is 1.95 bits per heavy atom. The molecule has 3 atom stereocenters. The number of nitrogens with two attached hydrogens (primary N) is 1. The maximum atomic E-state index is 12.1. The standard InChI is InChI=1S/C17H28N2O2/c1-6-12(4)16(18)17(20)19-13(5)14-8-7-9-15(10-14)21-11(2)3/h7-13,16H,6,18H2,1-5H3,(H,19,20)/t12?,13?,16-/m0/s1. The summed E-state index contributed by atoms with van der Waals surface area (Å²) in [7, 11) is 0. The SMILES string of the molecule is CCC(C)[C@H](N)C(=O)NC(C)c1cccc(OC(C)C)c1. The molecule has 1 aromatic rings. The van der Waals surface area contributed by atoms with Crippen LogP contribution in [0.5, 0.6) is 5.75 Å². The highest BCUT2D eigenvalue weighted by Crippen LogP contribution is 2.20. The van der Waals surface area contributed by atoms with Crippen LogP contribution in [-0.4, -0.2) is 18.1 Å². The molecule has 2 unspecified atom stereocenters. The van der Waals surface area contributed by atoms with Gasteiger partial charge in [0.1, 0.15) is 5.75 Å². The second kappa shape index (κ2) is 8.03. The van der Waals surface area contributed by atoms with Crippen LogP contribution in [0.25, 0.3) is 0 Å². The normalized spacial score (nSPS) is 15.4. The average molecular weight is 292 g/mol. The minimum Gasteiger partial charge on any atom is -0.491 e. The van der Waals surface area contributed by atoms with Crippen molar-refractivity contribution in [3.05, 3.63) is 29.8 Å². The molecule has 4 heteroatoms. The number of amides is 1. The number of carbonyl (C=O) groups is 1. The van der Waals surface area contributed by atoms with Gasteiger partial charge in [0.25, 0.3) is 0 Å². The second-order valence-corrected chi connectivity index (χ2v) is 5.88. The molecule has 0 spiro atoms. The molecule has 1 amide bonds. The zero-order valence-corrected chi connectivity index (χ0v) is 13.7. The molecule has 0 bridgehead atoms. The zero-order valence-electron chi connectivity index (χ0n) is 13.7. The monoisotopic (exact) mass is 292 g/mol. The van der Waals surface area contributed by atoms with Crippen molar-refractivity contribution < 1.29 is 9.53 Å². The molecular formula is C17H28N2O2. The molecule has 0 fully saturated rings. The summed E-state index contributed by atoms with van der Waals surface area (Å²) >= 11 is 0. The maximum absolute atomic E-state index is 12.1. The summed E-state index contributed by atoms with van der Waals surface area (Å²) in [6.07, 6.45) is 1.02. The average Bonchev–Trinajstić information content (AvgIpc) is 2.45. The molecule has 0 saturated heterocycles. The Bertz CT molecular complexity index is 460. The van der Waals surface area contributed by atoms with E-state index in [-0.39, 0.29) is 24.0 Å². The van der Waals surface area contributed by atoms with Gasteiger partial charge in [0.15, 0.2) is 0 Å². The van der Waals surface area contributed by atoms with Gasteiger partial charge >= 0.3 is 0 Å². The molecule has 0 aliphatic carbocycles. The third-order valence-electron chi connectivity index (χ3n) is 3.65. The van der Waals surface area contributed by atoms with Gasteiger partial charge in [-0.15, -0.1) is 0 Å². The number of rotatable bonds is 7. The third kappa shape index (κ3) is 5.38. The molecular weight excluding hydrogens is 264 g/mol. The van der Waals surface area contributed by atoms with Gasteiger partial charge in [0.2, 0.25) is 5.91 Å². The highest BCUT2D eigenvalue weighted by molar-refractivity contribution is 5.82. The van der Waals surface area contributed by atoms with Gasteiger partial charge in [-0.2, -0.15) is 0 Å². The van der Waals surface area contributed by atoms with Crippen molar-refractivity contribution in [2.24, 2.45) is 11.7 Å². The largest absolute Gasteiger partial charge is 0.491 e. The van der Waals surface area contributed by atoms with Crippen molar-refractivity contribution in [1.82, 2.24) is 5.32 Å².